The molecular weight excluding hydrogens is 218 g/mol. The number of ether oxygens (including phenoxy) is 2. The Hall–Kier alpha value is -0.910. The van der Waals surface area contributed by atoms with Crippen molar-refractivity contribution in [3.63, 3.8) is 0 Å². The second kappa shape index (κ2) is 8.22. The topological polar surface area (TPSA) is 48.3 Å². The molecule has 0 amide bonds. The van der Waals surface area contributed by atoms with E-state index in [1.807, 2.05) is 25.0 Å². The number of methoxy groups -OCH3 is 1. The molecule has 1 unspecified atom stereocenters. The average molecular weight is 241 g/mol. The molecule has 0 saturated heterocycles. The van der Waals surface area contributed by atoms with Gasteiger partial charge < -0.3 is 14.8 Å². The lowest BCUT2D eigenvalue weighted by Crippen LogP contribution is -2.29. The molecule has 1 N–H and O–H groups in total. The summed E-state index contributed by atoms with van der Waals surface area (Å²) in [5.74, 6) is 0. The highest BCUT2D eigenvalue weighted by Crippen LogP contribution is 2.04. The van der Waals surface area contributed by atoms with Crippen LogP contribution in [0, 0.1) is 0 Å². The van der Waals surface area contributed by atoms with Crippen LogP contribution in [0.4, 0.5) is 0 Å². The summed E-state index contributed by atoms with van der Waals surface area (Å²) in [7, 11) is 5.60. The molecule has 1 rings (SSSR count). The van der Waals surface area contributed by atoms with Crippen LogP contribution in [-0.4, -0.2) is 49.8 Å². The number of likely N-dealkylation sites (N-methyl/N-ethyl adjacent to an activating group) is 1. The van der Waals surface area contributed by atoms with Gasteiger partial charge in [0.05, 0.1) is 19.4 Å². The Labute approximate surface area is 103 Å². The molecule has 0 radical (unpaired) electrons. The zero-order valence-corrected chi connectivity index (χ0v) is 11.0. The molecule has 0 aromatic carbocycles. The highest BCUT2D eigenvalue weighted by atomic mass is 16.5. The summed E-state index contributed by atoms with van der Waals surface area (Å²) < 4.78 is 12.2. The Kier molecular flexibility index (Phi) is 6.84. The Morgan fingerprint density at radius 2 is 2.24 bits per heavy atom. The first-order valence-corrected chi connectivity index (χ1v) is 5.97. The van der Waals surface area contributed by atoms with Crippen LogP contribution in [0.15, 0.2) is 12.4 Å². The summed E-state index contributed by atoms with van der Waals surface area (Å²) >= 11 is 0. The van der Waals surface area contributed by atoms with Crippen molar-refractivity contribution in [1.29, 1.82) is 0 Å². The fourth-order valence-electron chi connectivity index (χ4n) is 1.68. The minimum Gasteiger partial charge on any atom is -0.382 e. The molecule has 17 heavy (non-hydrogen) atoms. The van der Waals surface area contributed by atoms with E-state index < -0.39 is 0 Å². The van der Waals surface area contributed by atoms with Crippen LogP contribution >= 0.6 is 0 Å². The fourth-order valence-corrected chi connectivity index (χ4v) is 1.68. The molecule has 0 aliphatic heterocycles. The molecule has 1 atom stereocenters. The van der Waals surface area contributed by atoms with Gasteiger partial charge in [0.2, 0.25) is 0 Å². The minimum atomic E-state index is 0.432. The Morgan fingerprint density at radius 3 is 2.82 bits per heavy atom. The predicted octanol–water partition coefficient (Wildman–Crippen LogP) is 0.604. The van der Waals surface area contributed by atoms with E-state index in [1.165, 1.54) is 5.56 Å². The zero-order valence-electron chi connectivity index (χ0n) is 11.0. The van der Waals surface area contributed by atoms with Gasteiger partial charge in [-0.15, -0.1) is 0 Å². The summed E-state index contributed by atoms with van der Waals surface area (Å²) in [6, 6.07) is 0.432. The van der Waals surface area contributed by atoms with Crippen molar-refractivity contribution < 1.29 is 9.47 Å². The molecule has 5 heteroatoms. The zero-order chi connectivity index (χ0) is 12.5. The Bertz CT molecular complexity index is 302. The van der Waals surface area contributed by atoms with E-state index in [4.69, 9.17) is 9.47 Å². The van der Waals surface area contributed by atoms with Crippen LogP contribution in [0.25, 0.3) is 0 Å². The molecule has 1 aromatic heterocycles. The lowest BCUT2D eigenvalue weighted by molar-refractivity contribution is 0.0661. The molecule has 5 nitrogen and oxygen atoms in total. The van der Waals surface area contributed by atoms with Crippen molar-refractivity contribution in [2.24, 2.45) is 7.05 Å². The van der Waals surface area contributed by atoms with Crippen LogP contribution < -0.4 is 5.32 Å². The third kappa shape index (κ3) is 5.81. The van der Waals surface area contributed by atoms with Gasteiger partial charge in [0.15, 0.2) is 0 Å². The minimum absolute atomic E-state index is 0.432. The normalized spacial score (nSPS) is 12.9. The van der Waals surface area contributed by atoms with Gasteiger partial charge >= 0.3 is 0 Å². The first-order valence-electron chi connectivity index (χ1n) is 5.97. The van der Waals surface area contributed by atoms with E-state index in [1.54, 1.807) is 7.11 Å². The number of nitrogens with zero attached hydrogens (tertiary/aromatic N) is 2. The number of aromatic nitrogens is 2. The van der Waals surface area contributed by atoms with Gasteiger partial charge in [0, 0.05) is 33.0 Å². The van der Waals surface area contributed by atoms with E-state index >= 15 is 0 Å². The number of rotatable bonds is 9. The summed E-state index contributed by atoms with van der Waals surface area (Å²) in [5.41, 5.74) is 1.25. The van der Waals surface area contributed by atoms with Gasteiger partial charge in [-0.05, 0) is 25.5 Å². The Balaban J connectivity index is 2.19. The first kappa shape index (κ1) is 14.2. The van der Waals surface area contributed by atoms with Crippen molar-refractivity contribution in [2.45, 2.75) is 18.9 Å². The molecule has 0 aliphatic rings. The van der Waals surface area contributed by atoms with Gasteiger partial charge in [0.1, 0.15) is 0 Å². The number of hydrogen-bond acceptors (Lipinski definition) is 4. The highest BCUT2D eigenvalue weighted by Gasteiger charge is 2.08. The Morgan fingerprint density at radius 1 is 1.41 bits per heavy atom. The quantitative estimate of drug-likeness (QED) is 0.643. The van der Waals surface area contributed by atoms with Crippen molar-refractivity contribution in [1.82, 2.24) is 15.1 Å². The maximum absolute atomic E-state index is 5.46. The monoisotopic (exact) mass is 241 g/mol. The molecule has 1 aromatic rings. The molecule has 98 valence electrons. The molecule has 0 aliphatic carbocycles. The smallest absolute Gasteiger partial charge is 0.0700 e. The summed E-state index contributed by atoms with van der Waals surface area (Å²) in [6.07, 6.45) is 5.94. The van der Waals surface area contributed by atoms with E-state index in [0.717, 1.165) is 19.4 Å². The lowest BCUT2D eigenvalue weighted by atomic mass is 10.1. The van der Waals surface area contributed by atoms with Crippen LogP contribution in [0.3, 0.4) is 0 Å². The SMILES string of the molecule is CNC(CCOCCOC)Cc1cnn(C)c1. The second-order valence-corrected chi connectivity index (χ2v) is 4.11. The summed E-state index contributed by atoms with van der Waals surface area (Å²) in [4.78, 5) is 0. The first-order chi connectivity index (χ1) is 8.26. The van der Waals surface area contributed by atoms with E-state index in [2.05, 4.69) is 16.6 Å². The summed E-state index contributed by atoms with van der Waals surface area (Å²) in [6.45, 7) is 2.09. The molecule has 0 saturated carbocycles. The van der Waals surface area contributed by atoms with E-state index in [9.17, 15) is 0 Å². The average Bonchev–Trinajstić information content (AvgIpc) is 2.73. The maximum atomic E-state index is 5.46. The summed E-state index contributed by atoms with van der Waals surface area (Å²) in [5, 5.41) is 7.47. The third-order valence-electron chi connectivity index (χ3n) is 2.69. The van der Waals surface area contributed by atoms with Gasteiger partial charge in [-0.2, -0.15) is 5.10 Å². The standard InChI is InChI=1S/C12H23N3O2/c1-13-12(4-5-17-7-6-16-3)8-11-9-14-15(2)10-11/h9-10,12-13H,4-8H2,1-3H3. The highest BCUT2D eigenvalue weighted by molar-refractivity contribution is 5.05. The third-order valence-corrected chi connectivity index (χ3v) is 2.69. The van der Waals surface area contributed by atoms with Crippen LogP contribution in [-0.2, 0) is 22.9 Å². The number of nitrogens with one attached hydrogen (secondary N) is 1. The van der Waals surface area contributed by atoms with Crippen molar-refractivity contribution in [3.8, 4) is 0 Å². The molecule has 1 heterocycles. The van der Waals surface area contributed by atoms with Gasteiger partial charge in [-0.3, -0.25) is 4.68 Å². The van der Waals surface area contributed by atoms with E-state index in [0.29, 0.717) is 19.3 Å². The lowest BCUT2D eigenvalue weighted by Gasteiger charge is -2.15. The van der Waals surface area contributed by atoms with Gasteiger partial charge in [-0.1, -0.05) is 0 Å². The second-order valence-electron chi connectivity index (χ2n) is 4.11. The predicted molar refractivity (Wildman–Crippen MR) is 67.1 cm³/mol. The van der Waals surface area contributed by atoms with Crippen molar-refractivity contribution in [3.05, 3.63) is 18.0 Å². The molecular formula is C12H23N3O2. The molecule has 0 spiro atoms. The van der Waals surface area contributed by atoms with E-state index in [-0.39, 0.29) is 0 Å². The molecule has 0 bridgehead atoms. The van der Waals surface area contributed by atoms with Crippen LogP contribution in [0.5, 0.6) is 0 Å². The maximum Gasteiger partial charge on any atom is 0.0700 e. The van der Waals surface area contributed by atoms with Crippen molar-refractivity contribution in [2.75, 3.05) is 34.0 Å². The molecule has 0 fully saturated rings. The van der Waals surface area contributed by atoms with Gasteiger partial charge in [-0.25, -0.2) is 0 Å². The van der Waals surface area contributed by atoms with Gasteiger partial charge in [0.25, 0.3) is 0 Å². The van der Waals surface area contributed by atoms with Crippen LogP contribution in [0.1, 0.15) is 12.0 Å². The largest absolute Gasteiger partial charge is 0.382 e. The van der Waals surface area contributed by atoms with Crippen LogP contribution in [0.2, 0.25) is 0 Å². The van der Waals surface area contributed by atoms with Crippen molar-refractivity contribution >= 4 is 0 Å². The fraction of sp³-hybridized carbons (Fsp3) is 0.750. The number of aryl methyl sites for hydroxylation is 1. The number of hydrogen-bond donors (Lipinski definition) is 1.